The van der Waals surface area contributed by atoms with Crippen LogP contribution in [0.3, 0.4) is 0 Å². The zero-order valence-electron chi connectivity index (χ0n) is 20.9. The molecule has 0 amide bonds. The molecule has 6 rings (SSSR count). The molecule has 0 saturated heterocycles. The molecule has 0 aliphatic rings. The minimum absolute atomic E-state index is 0.712. The molecule has 0 fully saturated rings. The summed E-state index contributed by atoms with van der Waals surface area (Å²) < 4.78 is 2.13. The molecule has 0 aliphatic heterocycles. The molecule has 0 atom stereocenters. The van der Waals surface area contributed by atoms with Crippen LogP contribution in [0, 0.1) is 0 Å². The van der Waals surface area contributed by atoms with Gasteiger partial charge in [0.25, 0.3) is 0 Å². The topological polar surface area (TPSA) is 17.8 Å². The zero-order chi connectivity index (χ0) is 25.0. The first-order chi connectivity index (χ1) is 18.2. The third-order valence-electron chi connectivity index (χ3n) is 6.81. The van der Waals surface area contributed by atoms with E-state index in [1.807, 2.05) is 0 Å². The summed E-state index contributed by atoms with van der Waals surface area (Å²) in [6.07, 6.45) is 0. The molecule has 3 heteroatoms. The normalized spacial score (nSPS) is 10.9. The molecule has 0 bridgehead atoms. The summed E-state index contributed by atoms with van der Waals surface area (Å²) in [6.45, 7) is 0.712. The lowest BCUT2D eigenvalue weighted by atomic mass is 9.91. The largest absolute Gasteiger partial charge is 0.260 e. The lowest BCUT2D eigenvalue weighted by Gasteiger charge is -2.09. The van der Waals surface area contributed by atoms with Gasteiger partial charge >= 0.3 is 0 Å². The standard InChI is InChI=1S/C34H27BN2/c35-30-21-19-28(20-22-30)31-13-7-8-14-32(31)33-23-34(37(36-33)24-25-9-3-1-4-10-25)29-17-15-27(16-18-29)26-11-5-2-6-12-26/h1-23H,24,35H2. The molecule has 1 heterocycles. The number of nitrogens with zero attached hydrogens (tertiary/aromatic N) is 2. The number of hydrogen-bond acceptors (Lipinski definition) is 1. The molecule has 2 nitrogen and oxygen atoms in total. The molecule has 0 spiro atoms. The van der Waals surface area contributed by atoms with Crippen molar-refractivity contribution >= 4 is 13.3 Å². The lowest BCUT2D eigenvalue weighted by Crippen LogP contribution is -2.04. The van der Waals surface area contributed by atoms with Gasteiger partial charge in [-0.15, -0.1) is 0 Å². The van der Waals surface area contributed by atoms with E-state index >= 15 is 0 Å². The Morgan fingerprint density at radius 2 is 1.05 bits per heavy atom. The van der Waals surface area contributed by atoms with E-state index in [2.05, 4.69) is 152 Å². The Morgan fingerprint density at radius 3 is 1.76 bits per heavy atom. The van der Waals surface area contributed by atoms with Gasteiger partial charge in [0, 0.05) is 5.56 Å². The van der Waals surface area contributed by atoms with Gasteiger partial charge in [0.15, 0.2) is 0 Å². The highest BCUT2D eigenvalue weighted by Crippen LogP contribution is 2.34. The SMILES string of the molecule is Bc1ccc(-c2ccccc2-c2cc(-c3ccc(-c4ccccc4)cc3)n(Cc3ccccc3)n2)cc1. The van der Waals surface area contributed by atoms with Crippen molar-refractivity contribution in [1.29, 1.82) is 0 Å². The molecule has 5 aromatic carbocycles. The first-order valence-corrected chi connectivity index (χ1v) is 12.7. The lowest BCUT2D eigenvalue weighted by molar-refractivity contribution is 0.697. The van der Waals surface area contributed by atoms with Gasteiger partial charge in [-0.3, -0.25) is 4.68 Å². The van der Waals surface area contributed by atoms with Crippen molar-refractivity contribution in [3.05, 3.63) is 145 Å². The van der Waals surface area contributed by atoms with Gasteiger partial charge < -0.3 is 0 Å². The van der Waals surface area contributed by atoms with Crippen LogP contribution in [-0.4, -0.2) is 17.6 Å². The average Bonchev–Trinajstić information content (AvgIpc) is 3.38. The van der Waals surface area contributed by atoms with E-state index in [1.165, 1.54) is 33.3 Å². The van der Waals surface area contributed by atoms with Gasteiger partial charge in [-0.25, -0.2) is 0 Å². The third kappa shape index (κ3) is 4.89. The Balaban J connectivity index is 1.44. The molecule has 0 N–H and O–H groups in total. The molecule has 0 radical (unpaired) electrons. The smallest absolute Gasteiger partial charge is 0.139 e. The summed E-state index contributed by atoms with van der Waals surface area (Å²) in [7, 11) is 2.12. The van der Waals surface area contributed by atoms with Crippen molar-refractivity contribution in [3.63, 3.8) is 0 Å². The van der Waals surface area contributed by atoms with E-state index in [0.29, 0.717) is 6.54 Å². The average molecular weight is 474 g/mol. The van der Waals surface area contributed by atoms with E-state index in [1.54, 1.807) is 0 Å². The maximum absolute atomic E-state index is 5.15. The van der Waals surface area contributed by atoms with Crippen LogP contribution in [0.2, 0.25) is 0 Å². The monoisotopic (exact) mass is 474 g/mol. The number of rotatable bonds is 6. The van der Waals surface area contributed by atoms with Crippen molar-refractivity contribution in [2.24, 2.45) is 0 Å². The van der Waals surface area contributed by atoms with Crippen LogP contribution in [-0.2, 0) is 6.54 Å². The number of hydrogen-bond donors (Lipinski definition) is 0. The fraction of sp³-hybridized carbons (Fsp3) is 0.0294. The van der Waals surface area contributed by atoms with Crippen molar-refractivity contribution in [3.8, 4) is 44.8 Å². The molecule has 0 aliphatic carbocycles. The van der Waals surface area contributed by atoms with Crippen molar-refractivity contribution in [2.75, 3.05) is 0 Å². The summed E-state index contributed by atoms with van der Waals surface area (Å²) >= 11 is 0. The fourth-order valence-electron chi connectivity index (χ4n) is 4.81. The molecule has 0 saturated carbocycles. The number of aromatic nitrogens is 2. The van der Waals surface area contributed by atoms with Gasteiger partial charge in [0.2, 0.25) is 0 Å². The molecule has 0 unspecified atom stereocenters. The Labute approximate surface area is 219 Å². The molecule has 176 valence electrons. The Bertz CT molecular complexity index is 1620. The number of benzene rings is 5. The third-order valence-corrected chi connectivity index (χ3v) is 6.81. The molecular formula is C34H27BN2. The zero-order valence-corrected chi connectivity index (χ0v) is 20.9. The van der Waals surface area contributed by atoms with Crippen molar-refractivity contribution in [2.45, 2.75) is 6.54 Å². The fourth-order valence-corrected chi connectivity index (χ4v) is 4.81. The highest BCUT2D eigenvalue weighted by Gasteiger charge is 2.15. The van der Waals surface area contributed by atoms with Crippen LogP contribution in [0.25, 0.3) is 44.8 Å². The second kappa shape index (κ2) is 10.2. The van der Waals surface area contributed by atoms with E-state index in [4.69, 9.17) is 5.10 Å². The van der Waals surface area contributed by atoms with Gasteiger partial charge in [0.1, 0.15) is 7.85 Å². The Morgan fingerprint density at radius 1 is 0.514 bits per heavy atom. The summed E-state index contributed by atoms with van der Waals surface area (Å²) in [5.74, 6) is 0. The van der Waals surface area contributed by atoms with Crippen LogP contribution in [0.4, 0.5) is 0 Å². The van der Waals surface area contributed by atoms with Crippen LogP contribution in [0.5, 0.6) is 0 Å². The van der Waals surface area contributed by atoms with Crippen LogP contribution >= 0.6 is 0 Å². The van der Waals surface area contributed by atoms with Crippen LogP contribution in [0.1, 0.15) is 5.56 Å². The van der Waals surface area contributed by atoms with E-state index in [0.717, 1.165) is 22.5 Å². The minimum atomic E-state index is 0.712. The summed E-state index contributed by atoms with van der Waals surface area (Å²) in [4.78, 5) is 0. The molecular weight excluding hydrogens is 447 g/mol. The van der Waals surface area contributed by atoms with Crippen molar-refractivity contribution < 1.29 is 0 Å². The second-order valence-electron chi connectivity index (χ2n) is 9.41. The summed E-state index contributed by atoms with van der Waals surface area (Å²) in [6, 6.07) is 49.4. The van der Waals surface area contributed by atoms with Crippen LogP contribution in [0.15, 0.2) is 140 Å². The first-order valence-electron chi connectivity index (χ1n) is 12.7. The minimum Gasteiger partial charge on any atom is -0.260 e. The highest BCUT2D eigenvalue weighted by atomic mass is 15.3. The predicted molar refractivity (Wildman–Crippen MR) is 158 cm³/mol. The molecule has 1 aromatic heterocycles. The Kier molecular flexibility index (Phi) is 6.27. The second-order valence-corrected chi connectivity index (χ2v) is 9.41. The molecule has 37 heavy (non-hydrogen) atoms. The maximum Gasteiger partial charge on any atom is 0.139 e. The van der Waals surface area contributed by atoms with Crippen LogP contribution < -0.4 is 5.46 Å². The van der Waals surface area contributed by atoms with Gasteiger partial charge in [0.05, 0.1) is 17.9 Å². The van der Waals surface area contributed by atoms with Gasteiger partial charge in [-0.2, -0.15) is 5.10 Å². The Hall–Kier alpha value is -4.63. The van der Waals surface area contributed by atoms with Crippen molar-refractivity contribution in [1.82, 2.24) is 9.78 Å². The summed E-state index contributed by atoms with van der Waals surface area (Å²) in [5, 5.41) is 5.15. The van der Waals surface area contributed by atoms with Gasteiger partial charge in [-0.05, 0) is 39.4 Å². The van der Waals surface area contributed by atoms with Gasteiger partial charge in [-0.1, -0.05) is 139 Å². The van der Waals surface area contributed by atoms with E-state index < -0.39 is 0 Å². The quantitative estimate of drug-likeness (QED) is 0.241. The maximum atomic E-state index is 5.15. The molecule has 6 aromatic rings. The predicted octanol–water partition coefficient (Wildman–Crippen LogP) is 6.86. The first kappa shape index (κ1) is 22.8. The summed E-state index contributed by atoms with van der Waals surface area (Å²) in [5.41, 5.74) is 11.7. The van der Waals surface area contributed by atoms with E-state index in [9.17, 15) is 0 Å². The highest BCUT2D eigenvalue weighted by molar-refractivity contribution is 6.32. The van der Waals surface area contributed by atoms with E-state index in [-0.39, 0.29) is 0 Å².